The zero-order valence-corrected chi connectivity index (χ0v) is 9.59. The molecule has 0 aliphatic carbocycles. The van der Waals surface area contributed by atoms with E-state index >= 15 is 0 Å². The number of aliphatic hydroxyl groups is 1. The molecule has 0 bridgehead atoms. The lowest BCUT2D eigenvalue weighted by atomic mass is 9.88. The van der Waals surface area contributed by atoms with Crippen molar-refractivity contribution in [2.24, 2.45) is 5.92 Å². The summed E-state index contributed by atoms with van der Waals surface area (Å²) in [6, 6.07) is 0.385. The summed E-state index contributed by atoms with van der Waals surface area (Å²) in [6.45, 7) is 12.4. The molecule has 1 rings (SSSR count). The molecule has 78 valence electrons. The van der Waals surface area contributed by atoms with Gasteiger partial charge in [-0.1, -0.05) is 6.92 Å². The summed E-state index contributed by atoms with van der Waals surface area (Å²) in [6.07, 6.45) is 0.860. The van der Waals surface area contributed by atoms with Crippen molar-refractivity contribution >= 4 is 0 Å². The number of piperidine rings is 1. The first-order valence-corrected chi connectivity index (χ1v) is 5.36. The SMILES string of the molecule is C[C@H]1C[C@H](O)[C@H](C)[NH+](C(C)(C)C)C1. The Morgan fingerprint density at radius 1 is 1.23 bits per heavy atom. The van der Waals surface area contributed by atoms with Gasteiger partial charge in [0.2, 0.25) is 0 Å². The topological polar surface area (TPSA) is 24.7 Å². The third-order valence-corrected chi connectivity index (χ3v) is 3.30. The van der Waals surface area contributed by atoms with Gasteiger partial charge < -0.3 is 10.0 Å². The molecule has 1 aliphatic heterocycles. The minimum atomic E-state index is -0.113. The first kappa shape index (κ1) is 11.0. The van der Waals surface area contributed by atoms with Crippen molar-refractivity contribution < 1.29 is 10.0 Å². The molecule has 4 atom stereocenters. The van der Waals surface area contributed by atoms with Crippen LogP contribution in [0.15, 0.2) is 0 Å². The van der Waals surface area contributed by atoms with Gasteiger partial charge in [0, 0.05) is 5.92 Å². The van der Waals surface area contributed by atoms with Gasteiger partial charge in [0.15, 0.2) is 0 Å². The molecule has 1 unspecified atom stereocenters. The lowest BCUT2D eigenvalue weighted by molar-refractivity contribution is -0.979. The Balaban J connectivity index is 2.72. The van der Waals surface area contributed by atoms with Gasteiger partial charge in [0.1, 0.15) is 12.1 Å². The number of quaternary nitrogens is 1. The van der Waals surface area contributed by atoms with Gasteiger partial charge in [0.05, 0.1) is 12.1 Å². The quantitative estimate of drug-likeness (QED) is 0.564. The summed E-state index contributed by atoms with van der Waals surface area (Å²) < 4.78 is 0. The molecule has 0 radical (unpaired) electrons. The standard InChI is InChI=1S/C11H23NO/c1-8-6-10(13)9(2)12(7-8)11(3,4)5/h8-10,13H,6-7H2,1-5H3/p+1/t8-,9-,10-/m0/s1. The van der Waals surface area contributed by atoms with Crippen LogP contribution < -0.4 is 4.90 Å². The molecule has 0 aromatic heterocycles. The van der Waals surface area contributed by atoms with E-state index in [2.05, 4.69) is 34.6 Å². The summed E-state index contributed by atoms with van der Waals surface area (Å²) in [4.78, 5) is 1.54. The Kier molecular flexibility index (Phi) is 3.03. The molecule has 1 aliphatic rings. The Hall–Kier alpha value is -0.0800. The third-order valence-electron chi connectivity index (χ3n) is 3.30. The van der Waals surface area contributed by atoms with Crippen LogP contribution in [-0.2, 0) is 0 Å². The van der Waals surface area contributed by atoms with Gasteiger partial charge in [-0.05, 0) is 34.1 Å². The Morgan fingerprint density at radius 2 is 1.77 bits per heavy atom. The van der Waals surface area contributed by atoms with Crippen LogP contribution in [-0.4, -0.2) is 29.3 Å². The average Bonchev–Trinajstić information content (AvgIpc) is 1.94. The van der Waals surface area contributed by atoms with Crippen molar-refractivity contribution in [3.05, 3.63) is 0 Å². The highest BCUT2D eigenvalue weighted by molar-refractivity contribution is 4.74. The van der Waals surface area contributed by atoms with Crippen LogP contribution in [0.25, 0.3) is 0 Å². The molecule has 0 amide bonds. The van der Waals surface area contributed by atoms with Crippen LogP contribution in [0.1, 0.15) is 41.0 Å². The van der Waals surface area contributed by atoms with E-state index in [1.165, 1.54) is 6.54 Å². The minimum Gasteiger partial charge on any atom is -0.387 e. The molecule has 1 fully saturated rings. The number of hydrogen-bond acceptors (Lipinski definition) is 1. The molecule has 0 aromatic carbocycles. The summed E-state index contributed by atoms with van der Waals surface area (Å²) in [5.74, 6) is 0.653. The molecule has 2 N–H and O–H groups in total. The zero-order valence-electron chi connectivity index (χ0n) is 9.59. The summed E-state index contributed by atoms with van der Waals surface area (Å²) in [5, 5.41) is 9.86. The number of likely N-dealkylation sites (tertiary alicyclic amines) is 1. The third kappa shape index (κ3) is 2.44. The smallest absolute Gasteiger partial charge is 0.111 e. The van der Waals surface area contributed by atoms with Crippen LogP contribution >= 0.6 is 0 Å². The predicted octanol–water partition coefficient (Wildman–Crippen LogP) is 0.459. The fourth-order valence-corrected chi connectivity index (χ4v) is 2.48. The lowest BCUT2D eigenvalue weighted by Crippen LogP contribution is -3.24. The summed E-state index contributed by atoms with van der Waals surface area (Å²) >= 11 is 0. The molecule has 0 aromatic rings. The van der Waals surface area contributed by atoms with Gasteiger partial charge in [-0.3, -0.25) is 0 Å². The number of rotatable bonds is 0. The van der Waals surface area contributed by atoms with Crippen molar-refractivity contribution in [1.29, 1.82) is 0 Å². The monoisotopic (exact) mass is 186 g/mol. The van der Waals surface area contributed by atoms with Crippen molar-refractivity contribution in [1.82, 2.24) is 0 Å². The number of nitrogens with one attached hydrogen (secondary N) is 1. The van der Waals surface area contributed by atoms with Crippen molar-refractivity contribution in [2.75, 3.05) is 6.54 Å². The predicted molar refractivity (Wildman–Crippen MR) is 54.8 cm³/mol. The van der Waals surface area contributed by atoms with E-state index < -0.39 is 0 Å². The molecule has 2 heteroatoms. The summed E-state index contributed by atoms with van der Waals surface area (Å²) in [7, 11) is 0. The Morgan fingerprint density at radius 3 is 2.23 bits per heavy atom. The van der Waals surface area contributed by atoms with Gasteiger partial charge >= 0.3 is 0 Å². The highest BCUT2D eigenvalue weighted by atomic mass is 16.3. The van der Waals surface area contributed by atoms with E-state index in [4.69, 9.17) is 0 Å². The largest absolute Gasteiger partial charge is 0.387 e. The summed E-state index contributed by atoms with van der Waals surface area (Å²) in [5.41, 5.74) is 0.259. The minimum absolute atomic E-state index is 0.113. The van der Waals surface area contributed by atoms with E-state index in [1.54, 1.807) is 4.90 Å². The van der Waals surface area contributed by atoms with Crippen LogP contribution in [0.5, 0.6) is 0 Å². The molecular weight excluding hydrogens is 162 g/mol. The number of aliphatic hydroxyl groups excluding tert-OH is 1. The van der Waals surface area contributed by atoms with Crippen LogP contribution in [0, 0.1) is 5.92 Å². The van der Waals surface area contributed by atoms with E-state index in [1.807, 2.05) is 0 Å². The second-order valence-electron chi connectivity index (χ2n) is 5.68. The Bertz CT molecular complexity index is 173. The maximum Gasteiger partial charge on any atom is 0.111 e. The highest BCUT2D eigenvalue weighted by Gasteiger charge is 2.39. The molecule has 0 spiro atoms. The van der Waals surface area contributed by atoms with Crippen LogP contribution in [0.2, 0.25) is 0 Å². The van der Waals surface area contributed by atoms with Gasteiger partial charge in [-0.2, -0.15) is 0 Å². The van der Waals surface area contributed by atoms with Gasteiger partial charge in [-0.25, -0.2) is 0 Å². The van der Waals surface area contributed by atoms with E-state index in [0.717, 1.165) is 6.42 Å². The zero-order chi connectivity index (χ0) is 10.2. The van der Waals surface area contributed by atoms with Crippen LogP contribution in [0.3, 0.4) is 0 Å². The average molecular weight is 186 g/mol. The molecule has 13 heavy (non-hydrogen) atoms. The lowest BCUT2D eigenvalue weighted by Gasteiger charge is -2.44. The Labute approximate surface area is 81.9 Å². The van der Waals surface area contributed by atoms with Crippen molar-refractivity contribution in [2.45, 2.75) is 58.7 Å². The maximum absolute atomic E-state index is 9.86. The first-order valence-electron chi connectivity index (χ1n) is 5.36. The fraction of sp³-hybridized carbons (Fsp3) is 1.00. The maximum atomic E-state index is 9.86. The first-order chi connectivity index (χ1) is 5.82. The molecule has 1 saturated heterocycles. The van der Waals surface area contributed by atoms with Crippen molar-refractivity contribution in [3.63, 3.8) is 0 Å². The second kappa shape index (κ2) is 3.58. The van der Waals surface area contributed by atoms with E-state index in [0.29, 0.717) is 12.0 Å². The van der Waals surface area contributed by atoms with Crippen molar-refractivity contribution in [3.8, 4) is 0 Å². The molecular formula is C11H24NO+. The normalized spacial score (nSPS) is 42.0. The second-order valence-corrected chi connectivity index (χ2v) is 5.68. The van der Waals surface area contributed by atoms with Crippen LogP contribution in [0.4, 0.5) is 0 Å². The highest BCUT2D eigenvalue weighted by Crippen LogP contribution is 2.13. The molecule has 2 nitrogen and oxygen atoms in total. The van der Waals surface area contributed by atoms with Gasteiger partial charge in [-0.15, -0.1) is 0 Å². The number of hydrogen-bond donors (Lipinski definition) is 2. The van der Waals surface area contributed by atoms with E-state index in [-0.39, 0.29) is 11.6 Å². The van der Waals surface area contributed by atoms with E-state index in [9.17, 15) is 5.11 Å². The van der Waals surface area contributed by atoms with Gasteiger partial charge in [0.25, 0.3) is 0 Å². The molecule has 0 saturated carbocycles. The fourth-order valence-electron chi connectivity index (χ4n) is 2.48. The molecule has 1 heterocycles.